The summed E-state index contributed by atoms with van der Waals surface area (Å²) in [5, 5.41) is 10.2. The van der Waals surface area contributed by atoms with E-state index in [1.165, 1.54) is 29.1 Å². The summed E-state index contributed by atoms with van der Waals surface area (Å²) in [6.45, 7) is 0. The first-order chi connectivity index (χ1) is 6.24. The molecule has 13 heavy (non-hydrogen) atoms. The molecule has 5 nitrogen and oxygen atoms in total. The maximum atomic E-state index is 10.2. The summed E-state index contributed by atoms with van der Waals surface area (Å²) in [5.41, 5.74) is 0. The predicted molar refractivity (Wildman–Crippen MR) is 54.4 cm³/mol. The Morgan fingerprint density at radius 1 is 1.77 bits per heavy atom. The number of furan rings is 1. The summed E-state index contributed by atoms with van der Waals surface area (Å²) in [4.78, 5) is 13.5. The molecule has 0 atom stereocenters. The van der Waals surface area contributed by atoms with Gasteiger partial charge in [0.25, 0.3) is 0 Å². The van der Waals surface area contributed by atoms with Gasteiger partial charge in [0.05, 0.1) is 18.2 Å². The van der Waals surface area contributed by atoms with E-state index >= 15 is 0 Å². The maximum absolute atomic E-state index is 10.2. The molecule has 1 aromatic rings. The Labute approximate surface area is 83.2 Å². The van der Waals surface area contributed by atoms with Gasteiger partial charge in [0.1, 0.15) is 4.92 Å². The van der Waals surface area contributed by atoms with Crippen LogP contribution < -0.4 is 0 Å². The molecule has 1 rings (SSSR count). The van der Waals surface area contributed by atoms with E-state index in [0.29, 0.717) is 11.6 Å². The highest BCUT2D eigenvalue weighted by atomic mass is 33.1. The van der Waals surface area contributed by atoms with Crippen molar-refractivity contribution in [3.05, 3.63) is 28.0 Å². The first kappa shape index (κ1) is 10.1. The molecule has 0 saturated heterocycles. The molecule has 0 aliphatic carbocycles. The molecule has 0 fully saturated rings. The molecule has 0 aliphatic rings. The lowest BCUT2D eigenvalue weighted by atomic mass is 10.5. The van der Waals surface area contributed by atoms with E-state index in [9.17, 15) is 10.1 Å². The highest BCUT2D eigenvalue weighted by molar-refractivity contribution is 8.68. The highest BCUT2D eigenvalue weighted by Crippen LogP contribution is 2.14. The second-order valence-corrected chi connectivity index (χ2v) is 3.29. The summed E-state index contributed by atoms with van der Waals surface area (Å²) in [7, 11) is 1.25. The first-order valence-corrected chi connectivity index (χ1v) is 5.28. The minimum absolute atomic E-state index is 0.278. The van der Waals surface area contributed by atoms with Crippen LogP contribution >= 0.6 is 22.5 Å². The van der Waals surface area contributed by atoms with Crippen LogP contribution in [0.3, 0.4) is 0 Å². The van der Waals surface area contributed by atoms with Gasteiger partial charge in [0.2, 0.25) is 0 Å². The van der Waals surface area contributed by atoms with Gasteiger partial charge in [0, 0.05) is 0 Å². The lowest BCUT2D eigenvalue weighted by Crippen LogP contribution is -1.83. The van der Waals surface area contributed by atoms with E-state index in [1.54, 1.807) is 0 Å². The fourth-order valence-corrected chi connectivity index (χ4v) is 1.01. The lowest BCUT2D eigenvalue weighted by molar-refractivity contribution is -0.402. The number of nitro groups is 1. The number of rotatable bonds is 4. The van der Waals surface area contributed by atoms with Gasteiger partial charge >= 0.3 is 5.88 Å². The standard InChI is InChI=1S/C6H6N2O3S2/c9-8(10)6-2-1-5(11-6)3-7-4-13-12/h1-3,12H,4H2. The highest BCUT2D eigenvalue weighted by Gasteiger charge is 2.09. The molecule has 7 heteroatoms. The van der Waals surface area contributed by atoms with Crippen molar-refractivity contribution in [2.45, 2.75) is 0 Å². The molecule has 0 aliphatic heterocycles. The van der Waals surface area contributed by atoms with Crippen LogP contribution in [-0.2, 0) is 0 Å². The van der Waals surface area contributed by atoms with Crippen LogP contribution in [0.15, 0.2) is 21.5 Å². The largest absolute Gasteiger partial charge is 0.433 e. The fourth-order valence-electron chi connectivity index (χ4n) is 0.670. The van der Waals surface area contributed by atoms with Gasteiger partial charge in [-0.25, -0.2) is 0 Å². The summed E-state index contributed by atoms with van der Waals surface area (Å²) >= 11 is 3.87. The Morgan fingerprint density at radius 3 is 3.08 bits per heavy atom. The van der Waals surface area contributed by atoms with Crippen molar-refractivity contribution in [2.24, 2.45) is 4.99 Å². The van der Waals surface area contributed by atoms with Crippen LogP contribution in [0.1, 0.15) is 5.76 Å². The van der Waals surface area contributed by atoms with E-state index < -0.39 is 4.92 Å². The van der Waals surface area contributed by atoms with Crippen molar-refractivity contribution in [3.63, 3.8) is 0 Å². The van der Waals surface area contributed by atoms with Crippen molar-refractivity contribution in [2.75, 3.05) is 5.88 Å². The molecular formula is C6H6N2O3S2. The zero-order chi connectivity index (χ0) is 9.68. The smallest absolute Gasteiger partial charge is 0.400 e. The maximum Gasteiger partial charge on any atom is 0.433 e. The normalized spacial score (nSPS) is 10.8. The molecule has 1 aromatic heterocycles. The quantitative estimate of drug-likeness (QED) is 0.276. The third kappa shape index (κ3) is 3.11. The minimum atomic E-state index is -0.593. The number of aliphatic imine (C=N–C) groups is 1. The van der Waals surface area contributed by atoms with Crippen molar-refractivity contribution < 1.29 is 9.34 Å². The van der Waals surface area contributed by atoms with E-state index in [2.05, 4.69) is 16.7 Å². The number of nitrogens with zero attached hydrogens (tertiary/aromatic N) is 2. The van der Waals surface area contributed by atoms with E-state index in [0.717, 1.165) is 0 Å². The molecule has 0 amide bonds. The van der Waals surface area contributed by atoms with Crippen LogP contribution in [-0.4, -0.2) is 17.0 Å². The summed E-state index contributed by atoms with van der Waals surface area (Å²) in [5.74, 6) is 0.575. The van der Waals surface area contributed by atoms with Gasteiger partial charge in [-0.15, -0.1) is 11.7 Å². The molecular weight excluding hydrogens is 212 g/mol. The van der Waals surface area contributed by atoms with Gasteiger partial charge in [-0.05, 0) is 6.07 Å². The van der Waals surface area contributed by atoms with Gasteiger partial charge in [-0.1, -0.05) is 10.8 Å². The summed E-state index contributed by atoms with van der Waals surface area (Å²) in [6, 6.07) is 2.78. The van der Waals surface area contributed by atoms with Crippen LogP contribution in [0.25, 0.3) is 0 Å². The third-order valence-electron chi connectivity index (χ3n) is 1.14. The van der Waals surface area contributed by atoms with Gasteiger partial charge in [0.15, 0.2) is 5.76 Å². The molecule has 0 N–H and O–H groups in total. The summed E-state index contributed by atoms with van der Waals surface area (Å²) < 4.78 is 4.81. The Balaban J connectivity index is 2.64. The first-order valence-electron chi connectivity index (χ1n) is 3.24. The molecule has 0 unspecified atom stereocenters. The SMILES string of the molecule is O=[N+]([O-])c1ccc(C=NCSS)o1. The molecule has 0 aromatic carbocycles. The Bertz CT molecular complexity index is 323. The molecule has 0 spiro atoms. The zero-order valence-corrected chi connectivity index (χ0v) is 8.12. The number of hydrogen-bond donors (Lipinski definition) is 1. The third-order valence-corrected chi connectivity index (χ3v) is 1.75. The Kier molecular flexibility index (Phi) is 3.84. The Morgan fingerprint density at radius 2 is 2.54 bits per heavy atom. The van der Waals surface area contributed by atoms with Crippen molar-refractivity contribution in [1.29, 1.82) is 0 Å². The molecule has 70 valence electrons. The number of thiol groups is 1. The van der Waals surface area contributed by atoms with E-state index in [-0.39, 0.29) is 5.88 Å². The Hall–Kier alpha value is -0.950. The van der Waals surface area contributed by atoms with Crippen LogP contribution in [0.5, 0.6) is 0 Å². The summed E-state index contributed by atoms with van der Waals surface area (Å²) in [6.07, 6.45) is 1.43. The van der Waals surface area contributed by atoms with Gasteiger partial charge in [-0.2, -0.15) is 0 Å². The predicted octanol–water partition coefficient (Wildman–Crippen LogP) is 2.14. The second-order valence-electron chi connectivity index (χ2n) is 2.00. The molecule has 0 radical (unpaired) electrons. The van der Waals surface area contributed by atoms with Crippen molar-refractivity contribution in [1.82, 2.24) is 0 Å². The minimum Gasteiger partial charge on any atom is -0.400 e. The van der Waals surface area contributed by atoms with E-state index in [4.69, 9.17) is 4.42 Å². The average molecular weight is 218 g/mol. The van der Waals surface area contributed by atoms with Gasteiger partial charge in [-0.3, -0.25) is 15.1 Å². The lowest BCUT2D eigenvalue weighted by Gasteiger charge is -1.84. The van der Waals surface area contributed by atoms with Crippen molar-refractivity contribution in [3.8, 4) is 0 Å². The van der Waals surface area contributed by atoms with Crippen LogP contribution in [0.2, 0.25) is 0 Å². The molecule has 1 heterocycles. The average Bonchev–Trinajstić information content (AvgIpc) is 2.53. The fraction of sp³-hybridized carbons (Fsp3) is 0.167. The molecule has 0 bridgehead atoms. The van der Waals surface area contributed by atoms with Crippen LogP contribution in [0, 0.1) is 10.1 Å². The monoisotopic (exact) mass is 218 g/mol. The molecule has 0 saturated carbocycles. The number of hydrogen-bond acceptors (Lipinski definition) is 6. The van der Waals surface area contributed by atoms with E-state index in [1.807, 2.05) is 0 Å². The van der Waals surface area contributed by atoms with Gasteiger partial charge < -0.3 is 4.42 Å². The van der Waals surface area contributed by atoms with Crippen molar-refractivity contribution >= 4 is 34.6 Å². The van der Waals surface area contributed by atoms with Crippen LogP contribution in [0.4, 0.5) is 5.88 Å². The zero-order valence-electron chi connectivity index (χ0n) is 6.41. The topological polar surface area (TPSA) is 68.6 Å². The second kappa shape index (κ2) is 4.93.